The van der Waals surface area contributed by atoms with Gasteiger partial charge in [-0.15, -0.1) is 0 Å². The van der Waals surface area contributed by atoms with Crippen molar-refractivity contribution in [3.63, 3.8) is 0 Å². The van der Waals surface area contributed by atoms with Crippen molar-refractivity contribution < 1.29 is 23.8 Å². The zero-order valence-electron chi connectivity index (χ0n) is 16.3. The van der Waals surface area contributed by atoms with Crippen molar-refractivity contribution in [2.24, 2.45) is 5.92 Å². The van der Waals surface area contributed by atoms with Crippen LogP contribution in [0.25, 0.3) is 0 Å². The molecule has 7 nitrogen and oxygen atoms in total. The first-order valence-corrected chi connectivity index (χ1v) is 10.1. The van der Waals surface area contributed by atoms with Crippen LogP contribution in [0, 0.1) is 5.92 Å². The molecule has 152 valence electrons. The van der Waals surface area contributed by atoms with Crippen LogP contribution < -0.4 is 14.8 Å². The highest BCUT2D eigenvalue weighted by Gasteiger charge is 2.42. The van der Waals surface area contributed by atoms with Gasteiger partial charge in [-0.25, -0.2) is 0 Å². The molecule has 4 rings (SSSR count). The van der Waals surface area contributed by atoms with E-state index in [2.05, 4.69) is 5.32 Å². The van der Waals surface area contributed by atoms with Crippen molar-refractivity contribution in [3.05, 3.63) is 24.3 Å². The largest absolute Gasteiger partial charge is 0.485 e. The smallest absolute Gasteiger partial charge is 0.267 e. The summed E-state index contributed by atoms with van der Waals surface area (Å²) < 4.78 is 16.5. The van der Waals surface area contributed by atoms with E-state index < -0.39 is 6.10 Å². The summed E-state index contributed by atoms with van der Waals surface area (Å²) in [5, 5.41) is 3.20. The summed E-state index contributed by atoms with van der Waals surface area (Å²) in [6, 6.07) is 7.40. The normalized spacial score (nSPS) is 23.2. The van der Waals surface area contributed by atoms with Crippen LogP contribution in [0.3, 0.4) is 0 Å². The highest BCUT2D eigenvalue weighted by molar-refractivity contribution is 5.82. The van der Waals surface area contributed by atoms with Crippen LogP contribution in [0.4, 0.5) is 0 Å². The lowest BCUT2D eigenvalue weighted by atomic mass is 9.82. The van der Waals surface area contributed by atoms with Gasteiger partial charge in [0.2, 0.25) is 12.0 Å². The molecule has 0 spiro atoms. The molecule has 1 N–H and O–H groups in total. The van der Waals surface area contributed by atoms with Gasteiger partial charge in [0.25, 0.3) is 5.91 Å². The van der Waals surface area contributed by atoms with Crippen molar-refractivity contribution in [3.8, 4) is 11.5 Å². The fourth-order valence-electron chi connectivity index (χ4n) is 4.22. The molecule has 2 fully saturated rings. The zero-order valence-corrected chi connectivity index (χ0v) is 16.3. The van der Waals surface area contributed by atoms with Crippen LogP contribution in [0.5, 0.6) is 11.5 Å². The minimum atomic E-state index is -0.617. The monoisotopic (exact) mass is 388 g/mol. The van der Waals surface area contributed by atoms with Crippen molar-refractivity contribution >= 4 is 11.8 Å². The summed E-state index contributed by atoms with van der Waals surface area (Å²) in [4.78, 5) is 26.9. The molecule has 1 unspecified atom stereocenters. The maximum Gasteiger partial charge on any atom is 0.267 e. The van der Waals surface area contributed by atoms with Crippen molar-refractivity contribution in [1.29, 1.82) is 0 Å². The SMILES string of the molecule is COCC(=O)NC1(CC2CC2)CCN(C(=O)C2COc3ccccc3O2)CC1. The number of amides is 2. The molecule has 0 aromatic heterocycles. The van der Waals surface area contributed by atoms with Crippen LogP contribution >= 0.6 is 0 Å². The molecule has 1 saturated heterocycles. The van der Waals surface area contributed by atoms with Crippen LogP contribution in [0.15, 0.2) is 24.3 Å². The van der Waals surface area contributed by atoms with E-state index in [1.165, 1.54) is 20.0 Å². The Morgan fingerprint density at radius 1 is 1.21 bits per heavy atom. The number of carbonyl (C=O) groups excluding carboxylic acids is 2. The number of carbonyl (C=O) groups is 2. The summed E-state index contributed by atoms with van der Waals surface area (Å²) in [6.07, 6.45) is 4.35. The topological polar surface area (TPSA) is 77.1 Å². The molecule has 1 aromatic carbocycles. The van der Waals surface area contributed by atoms with Crippen molar-refractivity contribution in [2.45, 2.75) is 43.7 Å². The second kappa shape index (κ2) is 7.99. The predicted molar refractivity (Wildman–Crippen MR) is 102 cm³/mol. The second-order valence-electron chi connectivity index (χ2n) is 8.10. The van der Waals surface area contributed by atoms with Gasteiger partial charge in [0.05, 0.1) is 0 Å². The molecular formula is C21H28N2O5. The number of rotatable bonds is 6. The number of likely N-dealkylation sites (tertiary alicyclic amines) is 1. The van der Waals surface area contributed by atoms with Gasteiger partial charge >= 0.3 is 0 Å². The Morgan fingerprint density at radius 3 is 2.61 bits per heavy atom. The third-order valence-corrected chi connectivity index (χ3v) is 5.87. The van der Waals surface area contributed by atoms with Gasteiger partial charge in [0, 0.05) is 25.7 Å². The lowest BCUT2D eigenvalue weighted by Gasteiger charge is -2.43. The van der Waals surface area contributed by atoms with Gasteiger partial charge in [-0.05, 0) is 37.3 Å². The predicted octanol–water partition coefficient (Wildman–Crippen LogP) is 1.75. The van der Waals surface area contributed by atoms with Crippen LogP contribution in [-0.2, 0) is 14.3 Å². The standard InChI is InChI=1S/C21H28N2O5/c1-26-14-19(24)22-21(12-15-6-7-15)8-10-23(11-9-21)20(25)18-13-27-16-4-2-3-5-17(16)28-18/h2-5,15,18H,6-14H2,1H3,(H,22,24). The minimum Gasteiger partial charge on any atom is -0.485 e. The lowest BCUT2D eigenvalue weighted by molar-refractivity contribution is -0.143. The van der Waals surface area contributed by atoms with Crippen molar-refractivity contribution in [1.82, 2.24) is 10.2 Å². The van der Waals surface area contributed by atoms with E-state index in [0.717, 1.165) is 19.3 Å². The van der Waals surface area contributed by atoms with Crippen molar-refractivity contribution in [2.75, 3.05) is 33.4 Å². The molecule has 3 aliphatic rings. The van der Waals surface area contributed by atoms with Gasteiger partial charge in [-0.2, -0.15) is 0 Å². The number of ether oxygens (including phenoxy) is 3. The highest BCUT2D eigenvalue weighted by Crippen LogP contribution is 2.41. The van der Waals surface area contributed by atoms with Crippen LogP contribution in [0.2, 0.25) is 0 Å². The Balaban J connectivity index is 1.36. The number of benzene rings is 1. The molecule has 0 bridgehead atoms. The van der Waals surface area contributed by atoms with E-state index in [0.29, 0.717) is 30.5 Å². The first-order chi connectivity index (χ1) is 13.6. The molecule has 28 heavy (non-hydrogen) atoms. The summed E-state index contributed by atoms with van der Waals surface area (Å²) in [5.41, 5.74) is -0.232. The van der Waals surface area contributed by atoms with Crippen LogP contribution in [0.1, 0.15) is 32.1 Å². The van der Waals surface area contributed by atoms with Gasteiger partial charge < -0.3 is 24.4 Å². The van der Waals surface area contributed by atoms with E-state index in [-0.39, 0.29) is 30.6 Å². The zero-order chi connectivity index (χ0) is 19.6. The van der Waals surface area contributed by atoms with Crippen LogP contribution in [-0.4, -0.2) is 61.8 Å². The Morgan fingerprint density at radius 2 is 1.93 bits per heavy atom. The van der Waals surface area contributed by atoms with Gasteiger partial charge in [0.1, 0.15) is 13.2 Å². The Hall–Kier alpha value is -2.28. The van der Waals surface area contributed by atoms with Gasteiger partial charge in [-0.1, -0.05) is 25.0 Å². The first kappa shape index (κ1) is 19.1. The number of hydrogen-bond acceptors (Lipinski definition) is 5. The molecule has 1 aliphatic carbocycles. The Kier molecular flexibility index (Phi) is 5.44. The quantitative estimate of drug-likeness (QED) is 0.803. The first-order valence-electron chi connectivity index (χ1n) is 10.1. The Bertz CT molecular complexity index is 725. The number of nitrogens with one attached hydrogen (secondary N) is 1. The molecule has 0 radical (unpaired) electrons. The number of para-hydroxylation sites is 2. The number of nitrogens with zero attached hydrogens (tertiary/aromatic N) is 1. The van der Waals surface area contributed by atoms with Gasteiger partial charge in [0.15, 0.2) is 11.5 Å². The average molecular weight is 388 g/mol. The van der Waals surface area contributed by atoms with E-state index in [1.54, 1.807) is 0 Å². The number of piperidine rings is 1. The third kappa shape index (κ3) is 4.24. The molecule has 2 aliphatic heterocycles. The molecule has 1 atom stereocenters. The summed E-state index contributed by atoms with van der Waals surface area (Å²) in [6.45, 7) is 1.52. The number of fused-ring (bicyclic) bond motifs is 1. The molecular weight excluding hydrogens is 360 g/mol. The fourth-order valence-corrected chi connectivity index (χ4v) is 4.22. The fraction of sp³-hybridized carbons (Fsp3) is 0.619. The molecule has 2 amide bonds. The summed E-state index contributed by atoms with van der Waals surface area (Å²) >= 11 is 0. The highest BCUT2D eigenvalue weighted by atomic mass is 16.6. The van der Waals surface area contributed by atoms with E-state index >= 15 is 0 Å². The molecule has 1 saturated carbocycles. The number of methoxy groups -OCH3 is 1. The summed E-state index contributed by atoms with van der Waals surface area (Å²) in [5.74, 6) is 1.85. The van der Waals surface area contributed by atoms with Gasteiger partial charge in [-0.3, -0.25) is 9.59 Å². The molecule has 7 heteroatoms. The second-order valence-corrected chi connectivity index (χ2v) is 8.10. The molecule has 1 aromatic rings. The summed E-state index contributed by atoms with van der Waals surface area (Å²) in [7, 11) is 1.53. The van der Waals surface area contributed by atoms with E-state index in [1.807, 2.05) is 29.2 Å². The van der Waals surface area contributed by atoms with E-state index in [9.17, 15) is 9.59 Å². The van der Waals surface area contributed by atoms with E-state index in [4.69, 9.17) is 14.2 Å². The molecule has 2 heterocycles. The Labute approximate surface area is 165 Å². The lowest BCUT2D eigenvalue weighted by Crippen LogP contribution is -2.58. The maximum atomic E-state index is 12.9. The average Bonchev–Trinajstić information content (AvgIpc) is 3.51. The number of hydrogen-bond donors (Lipinski definition) is 1. The third-order valence-electron chi connectivity index (χ3n) is 5.87. The minimum absolute atomic E-state index is 0.0438. The maximum absolute atomic E-state index is 12.9.